The fourth-order valence-corrected chi connectivity index (χ4v) is 3.59. The van der Waals surface area contributed by atoms with Gasteiger partial charge in [0.15, 0.2) is 5.69 Å². The summed E-state index contributed by atoms with van der Waals surface area (Å²) in [6.07, 6.45) is 4.20. The molecule has 0 bridgehead atoms. The molecule has 1 aliphatic rings. The smallest absolute Gasteiger partial charge is 0.361 e. The van der Waals surface area contributed by atoms with E-state index in [9.17, 15) is 4.79 Å². The number of rotatable bonds is 6. The zero-order valence-electron chi connectivity index (χ0n) is 16.1. The number of aromatic nitrogens is 2. The predicted octanol–water partition coefficient (Wildman–Crippen LogP) is 4.68. The Kier molecular flexibility index (Phi) is 6.34. The SMILES string of the molecule is CCOC(=O)c1nn(C)c([C@H]2CC[C@@H](OC)CC2)c1/N=N/c1ccccc1. The molecule has 1 heterocycles. The van der Waals surface area contributed by atoms with Crippen molar-refractivity contribution in [2.75, 3.05) is 13.7 Å². The van der Waals surface area contributed by atoms with Gasteiger partial charge in [-0.2, -0.15) is 10.2 Å². The van der Waals surface area contributed by atoms with Crippen LogP contribution in [0.5, 0.6) is 0 Å². The summed E-state index contributed by atoms with van der Waals surface area (Å²) in [6, 6.07) is 9.46. The maximum absolute atomic E-state index is 12.4. The van der Waals surface area contributed by atoms with Crippen LogP contribution in [0.3, 0.4) is 0 Å². The third kappa shape index (κ3) is 4.42. The summed E-state index contributed by atoms with van der Waals surface area (Å²) in [6.45, 7) is 2.07. The molecule has 1 aromatic carbocycles. The molecule has 0 unspecified atom stereocenters. The maximum atomic E-state index is 12.4. The van der Waals surface area contributed by atoms with Crippen molar-refractivity contribution in [3.05, 3.63) is 41.7 Å². The lowest BCUT2D eigenvalue weighted by Gasteiger charge is -2.27. The first kappa shape index (κ1) is 19.2. The Hall–Kier alpha value is -2.54. The van der Waals surface area contributed by atoms with Gasteiger partial charge in [0, 0.05) is 20.1 Å². The van der Waals surface area contributed by atoms with Crippen LogP contribution in [0.4, 0.5) is 11.4 Å². The van der Waals surface area contributed by atoms with E-state index in [0.29, 0.717) is 18.4 Å². The van der Waals surface area contributed by atoms with E-state index in [-0.39, 0.29) is 11.6 Å². The van der Waals surface area contributed by atoms with E-state index >= 15 is 0 Å². The minimum absolute atomic E-state index is 0.225. The molecule has 144 valence electrons. The van der Waals surface area contributed by atoms with Gasteiger partial charge in [0.1, 0.15) is 5.69 Å². The lowest BCUT2D eigenvalue weighted by Crippen LogP contribution is -2.20. The summed E-state index contributed by atoms with van der Waals surface area (Å²) in [5.41, 5.74) is 2.40. The van der Waals surface area contributed by atoms with Gasteiger partial charge in [0.25, 0.3) is 0 Å². The third-order valence-corrected chi connectivity index (χ3v) is 4.95. The van der Waals surface area contributed by atoms with Crippen molar-refractivity contribution in [3.8, 4) is 0 Å². The minimum Gasteiger partial charge on any atom is -0.461 e. The lowest BCUT2D eigenvalue weighted by atomic mass is 9.84. The fourth-order valence-electron chi connectivity index (χ4n) is 3.59. The van der Waals surface area contributed by atoms with Gasteiger partial charge in [-0.25, -0.2) is 4.79 Å². The zero-order chi connectivity index (χ0) is 19.2. The third-order valence-electron chi connectivity index (χ3n) is 4.95. The number of azo groups is 1. The van der Waals surface area contributed by atoms with Gasteiger partial charge in [-0.05, 0) is 44.7 Å². The second kappa shape index (κ2) is 8.90. The predicted molar refractivity (Wildman–Crippen MR) is 102 cm³/mol. The van der Waals surface area contributed by atoms with Gasteiger partial charge in [-0.15, -0.1) is 5.11 Å². The summed E-state index contributed by atoms with van der Waals surface area (Å²) in [4.78, 5) is 12.4. The van der Waals surface area contributed by atoms with Gasteiger partial charge in [-0.3, -0.25) is 4.68 Å². The summed E-state index contributed by atoms with van der Waals surface area (Å²) in [5.74, 6) is -0.200. The molecule has 0 N–H and O–H groups in total. The van der Waals surface area contributed by atoms with Gasteiger partial charge >= 0.3 is 5.97 Å². The number of carbonyl (C=O) groups excluding carboxylic acids is 1. The summed E-state index contributed by atoms with van der Waals surface area (Å²) >= 11 is 0. The van der Waals surface area contributed by atoms with Gasteiger partial charge in [0.05, 0.1) is 24.1 Å². The van der Waals surface area contributed by atoms with Gasteiger partial charge in [-0.1, -0.05) is 18.2 Å². The van der Waals surface area contributed by atoms with E-state index in [2.05, 4.69) is 15.3 Å². The van der Waals surface area contributed by atoms with Crippen LogP contribution in [0.2, 0.25) is 0 Å². The van der Waals surface area contributed by atoms with Crippen LogP contribution in [0, 0.1) is 0 Å². The number of methoxy groups -OCH3 is 1. The molecule has 27 heavy (non-hydrogen) atoms. The van der Waals surface area contributed by atoms with Crippen molar-refractivity contribution in [2.45, 2.75) is 44.6 Å². The normalized spacial score (nSPS) is 20.1. The molecule has 1 aliphatic carbocycles. The number of carbonyl (C=O) groups is 1. The maximum Gasteiger partial charge on any atom is 0.361 e. The first-order valence-corrected chi connectivity index (χ1v) is 9.37. The van der Waals surface area contributed by atoms with E-state index in [4.69, 9.17) is 9.47 Å². The summed E-state index contributed by atoms with van der Waals surface area (Å²) < 4.78 is 12.4. The molecule has 0 aliphatic heterocycles. The number of hydrogen-bond acceptors (Lipinski definition) is 6. The Bertz CT molecular complexity index is 793. The van der Waals surface area contributed by atoms with E-state index in [1.54, 1.807) is 18.7 Å². The first-order chi connectivity index (χ1) is 13.1. The van der Waals surface area contributed by atoms with Crippen molar-refractivity contribution in [1.82, 2.24) is 9.78 Å². The Labute approximate surface area is 159 Å². The highest BCUT2D eigenvalue weighted by atomic mass is 16.5. The van der Waals surface area contributed by atoms with Crippen molar-refractivity contribution in [2.24, 2.45) is 17.3 Å². The molecule has 1 fully saturated rings. The molecule has 7 heteroatoms. The van der Waals surface area contributed by atoms with Gasteiger partial charge < -0.3 is 9.47 Å². The highest BCUT2D eigenvalue weighted by Crippen LogP contribution is 2.40. The molecule has 1 saturated carbocycles. The average molecular weight is 370 g/mol. The highest BCUT2D eigenvalue weighted by Gasteiger charge is 2.31. The zero-order valence-corrected chi connectivity index (χ0v) is 16.1. The monoisotopic (exact) mass is 370 g/mol. The number of nitrogens with zero attached hydrogens (tertiary/aromatic N) is 4. The first-order valence-electron chi connectivity index (χ1n) is 9.37. The molecule has 7 nitrogen and oxygen atoms in total. The van der Waals surface area contributed by atoms with Crippen LogP contribution >= 0.6 is 0 Å². The molecule has 0 radical (unpaired) electrons. The van der Waals surface area contributed by atoms with Crippen molar-refractivity contribution >= 4 is 17.3 Å². The molecular formula is C20H26N4O3. The second-order valence-electron chi connectivity index (χ2n) is 6.67. The molecule has 0 atom stereocenters. The highest BCUT2D eigenvalue weighted by molar-refractivity contribution is 5.93. The van der Waals surface area contributed by atoms with E-state index in [0.717, 1.165) is 37.1 Å². The largest absolute Gasteiger partial charge is 0.461 e. The molecule has 0 saturated heterocycles. The van der Waals surface area contributed by atoms with Crippen LogP contribution < -0.4 is 0 Å². The van der Waals surface area contributed by atoms with Crippen LogP contribution in [-0.4, -0.2) is 35.6 Å². The Morgan fingerprint density at radius 3 is 2.52 bits per heavy atom. The Morgan fingerprint density at radius 1 is 1.19 bits per heavy atom. The number of benzene rings is 1. The van der Waals surface area contributed by atoms with E-state index in [1.165, 1.54) is 0 Å². The van der Waals surface area contributed by atoms with Crippen LogP contribution in [0.15, 0.2) is 40.6 Å². The molecule has 1 aromatic heterocycles. The van der Waals surface area contributed by atoms with E-state index in [1.807, 2.05) is 37.4 Å². The number of hydrogen-bond donors (Lipinski definition) is 0. The van der Waals surface area contributed by atoms with Crippen molar-refractivity contribution in [3.63, 3.8) is 0 Å². The van der Waals surface area contributed by atoms with E-state index < -0.39 is 5.97 Å². The lowest BCUT2D eigenvalue weighted by molar-refractivity contribution is 0.0519. The molecule has 0 spiro atoms. The molecule has 0 amide bonds. The molecular weight excluding hydrogens is 344 g/mol. The summed E-state index contributed by atoms with van der Waals surface area (Å²) in [7, 11) is 3.61. The molecule has 2 aromatic rings. The van der Waals surface area contributed by atoms with Crippen molar-refractivity contribution < 1.29 is 14.3 Å². The van der Waals surface area contributed by atoms with Crippen LogP contribution in [-0.2, 0) is 16.5 Å². The standard InChI is InChI=1S/C20H26N4O3/c1-4-27-20(25)18-17(22-21-15-8-6-5-7-9-15)19(24(2)23-18)14-10-12-16(26-3)13-11-14/h5-9,14,16H,4,10-13H2,1-3H3/b22-21+/t14-,16+. The summed E-state index contributed by atoms with van der Waals surface area (Å²) in [5, 5.41) is 13.2. The van der Waals surface area contributed by atoms with Crippen LogP contribution in [0.25, 0.3) is 0 Å². The number of esters is 1. The average Bonchev–Trinajstić information content (AvgIpc) is 3.03. The van der Waals surface area contributed by atoms with Gasteiger partial charge in [0.2, 0.25) is 0 Å². The van der Waals surface area contributed by atoms with Crippen LogP contribution in [0.1, 0.15) is 54.7 Å². The molecule has 3 rings (SSSR count). The fraction of sp³-hybridized carbons (Fsp3) is 0.500. The Balaban J connectivity index is 1.96. The minimum atomic E-state index is -0.466. The Morgan fingerprint density at radius 2 is 1.89 bits per heavy atom. The topological polar surface area (TPSA) is 78.1 Å². The number of ether oxygens (including phenoxy) is 2. The quantitative estimate of drug-likeness (QED) is 0.546. The number of aryl methyl sites for hydroxylation is 1. The van der Waals surface area contributed by atoms with Crippen molar-refractivity contribution in [1.29, 1.82) is 0 Å². The second-order valence-corrected chi connectivity index (χ2v) is 6.67.